The van der Waals surface area contributed by atoms with Crippen LogP contribution in [-0.2, 0) is 0 Å². The second kappa shape index (κ2) is 4.84. The summed E-state index contributed by atoms with van der Waals surface area (Å²) in [5.74, 6) is -1.52. The second-order valence-electron chi connectivity index (χ2n) is 3.09. The van der Waals surface area contributed by atoms with Crippen LogP contribution in [0.2, 0.25) is 10.3 Å². The average molecular weight is 340 g/mol. The zero-order valence-electron chi connectivity index (χ0n) is 8.02. The first-order valence-corrected chi connectivity index (χ1v) is 5.88. The average Bonchev–Trinajstić information content (AvgIpc) is 2.29. The summed E-state index contributed by atoms with van der Waals surface area (Å²) in [6, 6.07) is 3.64. The third-order valence-corrected chi connectivity index (χ3v) is 3.11. The molecule has 0 atom stereocenters. The van der Waals surface area contributed by atoms with E-state index in [1.165, 1.54) is 12.1 Å². The fourth-order valence-electron chi connectivity index (χ4n) is 1.30. The van der Waals surface area contributed by atoms with Crippen LogP contribution in [-0.4, -0.2) is 10.2 Å². The molecule has 0 saturated heterocycles. The summed E-state index contributed by atoms with van der Waals surface area (Å²) in [5, 5.41) is 6.86. The first-order valence-electron chi connectivity index (χ1n) is 4.33. The van der Waals surface area contributed by atoms with Gasteiger partial charge in [-0.2, -0.15) is 0 Å². The van der Waals surface area contributed by atoms with Gasteiger partial charge in [-0.15, -0.1) is 10.2 Å². The van der Waals surface area contributed by atoms with E-state index < -0.39 is 11.6 Å². The van der Waals surface area contributed by atoms with Crippen molar-refractivity contribution in [3.8, 4) is 11.1 Å². The molecular formula is C10H3BrCl2F2N2. The lowest BCUT2D eigenvalue weighted by Crippen LogP contribution is -1.95. The predicted octanol–water partition coefficient (Wildman–Crippen LogP) is 4.49. The Bertz CT molecular complexity index is 593. The minimum atomic E-state index is -0.768. The molecule has 0 unspecified atom stereocenters. The number of rotatable bonds is 1. The Balaban J connectivity index is 2.76. The van der Waals surface area contributed by atoms with E-state index in [4.69, 9.17) is 23.2 Å². The highest BCUT2D eigenvalue weighted by atomic mass is 79.9. The van der Waals surface area contributed by atoms with Crippen LogP contribution in [0.3, 0.4) is 0 Å². The number of nitrogens with zero attached hydrogens (tertiary/aromatic N) is 2. The summed E-state index contributed by atoms with van der Waals surface area (Å²) in [6.45, 7) is 0. The van der Waals surface area contributed by atoms with Gasteiger partial charge in [-0.1, -0.05) is 23.2 Å². The van der Waals surface area contributed by atoms with Gasteiger partial charge in [0, 0.05) is 5.56 Å². The van der Waals surface area contributed by atoms with Crippen LogP contribution in [0, 0.1) is 11.6 Å². The lowest BCUT2D eigenvalue weighted by Gasteiger charge is -2.07. The number of halogens is 5. The monoisotopic (exact) mass is 338 g/mol. The van der Waals surface area contributed by atoms with Crippen molar-refractivity contribution in [1.82, 2.24) is 10.2 Å². The van der Waals surface area contributed by atoms with E-state index in [1.807, 2.05) is 0 Å². The summed E-state index contributed by atoms with van der Waals surface area (Å²) in [4.78, 5) is 0. The molecular weight excluding hydrogens is 337 g/mol. The van der Waals surface area contributed by atoms with Crippen LogP contribution >= 0.6 is 39.1 Å². The molecule has 0 spiro atoms. The fraction of sp³-hybridized carbons (Fsp3) is 0. The Morgan fingerprint density at radius 3 is 2.53 bits per heavy atom. The van der Waals surface area contributed by atoms with Crippen LogP contribution < -0.4 is 0 Å². The van der Waals surface area contributed by atoms with Crippen molar-refractivity contribution in [3.05, 3.63) is 44.6 Å². The van der Waals surface area contributed by atoms with Gasteiger partial charge in [0.2, 0.25) is 0 Å². The number of aromatic nitrogens is 2. The zero-order valence-corrected chi connectivity index (χ0v) is 11.1. The Labute approximate surface area is 114 Å². The van der Waals surface area contributed by atoms with Gasteiger partial charge in [0.25, 0.3) is 0 Å². The normalized spacial score (nSPS) is 10.6. The molecule has 7 heteroatoms. The van der Waals surface area contributed by atoms with E-state index in [1.54, 1.807) is 0 Å². The molecule has 2 rings (SSSR count). The number of hydrogen-bond donors (Lipinski definition) is 0. The maximum absolute atomic E-state index is 13.8. The molecule has 0 bridgehead atoms. The topological polar surface area (TPSA) is 25.8 Å². The zero-order chi connectivity index (χ0) is 12.6. The molecule has 1 heterocycles. The van der Waals surface area contributed by atoms with Crippen LogP contribution in [0.4, 0.5) is 8.78 Å². The van der Waals surface area contributed by atoms with Crippen molar-refractivity contribution >= 4 is 39.1 Å². The van der Waals surface area contributed by atoms with Crippen molar-refractivity contribution in [2.75, 3.05) is 0 Å². The Kier molecular flexibility index (Phi) is 3.61. The van der Waals surface area contributed by atoms with Gasteiger partial charge < -0.3 is 0 Å². The van der Waals surface area contributed by atoms with Gasteiger partial charge in [0.05, 0.1) is 10.0 Å². The van der Waals surface area contributed by atoms with E-state index in [9.17, 15) is 8.78 Å². The van der Waals surface area contributed by atoms with Crippen LogP contribution in [0.25, 0.3) is 11.1 Å². The first-order chi connectivity index (χ1) is 8.00. The fourth-order valence-corrected chi connectivity index (χ4v) is 1.97. The lowest BCUT2D eigenvalue weighted by molar-refractivity contribution is 0.585. The highest BCUT2D eigenvalue weighted by Crippen LogP contribution is 2.34. The molecule has 2 nitrogen and oxygen atoms in total. The van der Waals surface area contributed by atoms with Crippen molar-refractivity contribution in [3.63, 3.8) is 0 Å². The van der Waals surface area contributed by atoms with E-state index >= 15 is 0 Å². The maximum atomic E-state index is 13.8. The molecule has 1 aromatic heterocycles. The summed E-state index contributed by atoms with van der Waals surface area (Å²) >= 11 is 14.3. The van der Waals surface area contributed by atoms with Crippen molar-refractivity contribution < 1.29 is 8.78 Å². The Morgan fingerprint density at radius 1 is 1.12 bits per heavy atom. The number of hydrogen-bond acceptors (Lipinski definition) is 2. The van der Waals surface area contributed by atoms with Gasteiger partial charge in [0.15, 0.2) is 10.3 Å². The van der Waals surface area contributed by atoms with E-state index in [2.05, 4.69) is 26.1 Å². The number of benzene rings is 1. The summed E-state index contributed by atoms with van der Waals surface area (Å²) in [6.07, 6.45) is 0. The van der Waals surface area contributed by atoms with Crippen LogP contribution in [0.15, 0.2) is 22.7 Å². The molecule has 1 aromatic carbocycles. The summed E-state index contributed by atoms with van der Waals surface area (Å²) < 4.78 is 27.6. The molecule has 0 saturated carbocycles. The summed E-state index contributed by atoms with van der Waals surface area (Å²) in [7, 11) is 0. The van der Waals surface area contributed by atoms with Gasteiger partial charge in [-0.05, 0) is 34.1 Å². The third kappa shape index (κ3) is 2.41. The molecule has 0 amide bonds. The standard InChI is InChI=1S/C10H3BrCl2F2N2/c11-5-1-2-6(14)8(9(5)15)4-3-7(12)16-17-10(4)13/h1-3H. The van der Waals surface area contributed by atoms with Gasteiger partial charge in [0.1, 0.15) is 11.6 Å². The van der Waals surface area contributed by atoms with Crippen molar-refractivity contribution in [2.45, 2.75) is 0 Å². The van der Waals surface area contributed by atoms with Gasteiger partial charge >= 0.3 is 0 Å². The molecule has 0 aliphatic heterocycles. The summed E-state index contributed by atoms with van der Waals surface area (Å²) in [5.41, 5.74) is -0.232. The first kappa shape index (κ1) is 12.7. The molecule has 0 aliphatic rings. The largest absolute Gasteiger partial charge is 0.206 e. The molecule has 2 aromatic rings. The van der Waals surface area contributed by atoms with Crippen molar-refractivity contribution in [1.29, 1.82) is 0 Å². The minimum absolute atomic E-state index is 0.00294. The van der Waals surface area contributed by atoms with Gasteiger partial charge in [-0.25, -0.2) is 8.78 Å². The molecule has 17 heavy (non-hydrogen) atoms. The smallest absolute Gasteiger partial charge is 0.159 e. The van der Waals surface area contributed by atoms with Crippen LogP contribution in [0.1, 0.15) is 0 Å². The molecule has 0 N–H and O–H groups in total. The highest BCUT2D eigenvalue weighted by Gasteiger charge is 2.18. The molecule has 0 fully saturated rings. The molecule has 0 aliphatic carbocycles. The SMILES string of the molecule is Fc1ccc(Br)c(F)c1-c1cc(Cl)nnc1Cl. The minimum Gasteiger partial charge on any atom is -0.206 e. The maximum Gasteiger partial charge on any atom is 0.159 e. The quantitative estimate of drug-likeness (QED) is 0.715. The Hall–Kier alpha value is -0.780. The predicted molar refractivity (Wildman–Crippen MR) is 65.1 cm³/mol. The van der Waals surface area contributed by atoms with E-state index in [0.29, 0.717) is 0 Å². The lowest BCUT2D eigenvalue weighted by atomic mass is 10.1. The van der Waals surface area contributed by atoms with Crippen molar-refractivity contribution in [2.24, 2.45) is 0 Å². The van der Waals surface area contributed by atoms with Crippen LogP contribution in [0.5, 0.6) is 0 Å². The third-order valence-electron chi connectivity index (χ3n) is 2.03. The molecule has 0 radical (unpaired) electrons. The second-order valence-corrected chi connectivity index (χ2v) is 4.69. The van der Waals surface area contributed by atoms with E-state index in [-0.39, 0.29) is 25.9 Å². The van der Waals surface area contributed by atoms with Gasteiger partial charge in [-0.3, -0.25) is 0 Å². The highest BCUT2D eigenvalue weighted by molar-refractivity contribution is 9.10. The van der Waals surface area contributed by atoms with E-state index in [0.717, 1.165) is 6.07 Å². The molecule has 88 valence electrons. The Morgan fingerprint density at radius 2 is 1.82 bits per heavy atom.